The van der Waals surface area contributed by atoms with E-state index in [1.165, 1.54) is 18.2 Å². The number of hydrogen-bond acceptors (Lipinski definition) is 8. The molecule has 2 aromatic rings. The largest absolute Gasteiger partial charge is 0.347 e. The summed E-state index contributed by atoms with van der Waals surface area (Å²) in [5.41, 5.74) is 0.443. The number of nitrogens with zero attached hydrogens (tertiary/aromatic N) is 4. The number of benzene rings is 1. The van der Waals surface area contributed by atoms with Crippen molar-refractivity contribution in [3.05, 3.63) is 30.1 Å². The molecule has 1 aromatic heterocycles. The predicted octanol–water partition coefficient (Wildman–Crippen LogP) is 1.43. The highest BCUT2D eigenvalue weighted by Gasteiger charge is 2.12. The minimum absolute atomic E-state index is 0.204. The fraction of sp³-hybridized carbons (Fsp3) is 0.400. The average molecular weight is 366 g/mol. The van der Waals surface area contributed by atoms with Gasteiger partial charge in [-0.2, -0.15) is 23.4 Å². The molecule has 0 fully saturated rings. The van der Waals surface area contributed by atoms with Crippen LogP contribution in [-0.4, -0.2) is 48.6 Å². The van der Waals surface area contributed by atoms with Crippen LogP contribution in [0.2, 0.25) is 0 Å². The molecule has 0 aliphatic carbocycles. The molecular formula is C15H22N6O3S. The predicted molar refractivity (Wildman–Crippen MR) is 95.7 cm³/mol. The molecule has 0 saturated heterocycles. The smallest absolute Gasteiger partial charge is 0.294 e. The van der Waals surface area contributed by atoms with E-state index in [-0.39, 0.29) is 4.90 Å². The lowest BCUT2D eigenvalue weighted by molar-refractivity contribution is 0.483. The van der Waals surface area contributed by atoms with E-state index in [1.54, 1.807) is 11.0 Å². The lowest BCUT2D eigenvalue weighted by Gasteiger charge is -2.14. The molecule has 1 aromatic carbocycles. The number of anilines is 3. The minimum Gasteiger partial charge on any atom is -0.347 e. The highest BCUT2D eigenvalue weighted by molar-refractivity contribution is 7.85. The number of nitrogens with one attached hydrogen (secondary N) is 2. The Morgan fingerprint density at radius 2 is 1.96 bits per heavy atom. The van der Waals surface area contributed by atoms with E-state index in [9.17, 15) is 8.42 Å². The summed E-state index contributed by atoms with van der Waals surface area (Å²) in [5, 5.41) is 6.18. The average Bonchev–Trinajstić information content (AvgIpc) is 2.54. The molecule has 136 valence electrons. The van der Waals surface area contributed by atoms with Crippen molar-refractivity contribution in [2.45, 2.75) is 24.8 Å². The van der Waals surface area contributed by atoms with Crippen LogP contribution in [0.25, 0.3) is 0 Å². The zero-order chi connectivity index (χ0) is 18.4. The summed E-state index contributed by atoms with van der Waals surface area (Å²) < 4.78 is 31.7. The third kappa shape index (κ3) is 5.62. The second-order valence-corrected chi connectivity index (χ2v) is 7.00. The molecule has 9 nitrogen and oxygen atoms in total. The molecule has 0 amide bonds. The van der Waals surface area contributed by atoms with Crippen LogP contribution in [0.15, 0.2) is 29.2 Å². The summed E-state index contributed by atoms with van der Waals surface area (Å²) in [4.78, 5) is 14.6. The summed E-state index contributed by atoms with van der Waals surface area (Å²) in [6.07, 6.45) is 0.999. The van der Waals surface area contributed by atoms with Crippen molar-refractivity contribution in [1.29, 1.82) is 0 Å². The molecule has 1 heterocycles. The van der Waals surface area contributed by atoms with Gasteiger partial charge in [-0.3, -0.25) is 4.55 Å². The van der Waals surface area contributed by atoms with Crippen molar-refractivity contribution in [3.63, 3.8) is 0 Å². The van der Waals surface area contributed by atoms with Gasteiger partial charge in [-0.15, -0.1) is 0 Å². The first-order valence-corrected chi connectivity index (χ1v) is 9.21. The molecule has 0 spiro atoms. The first kappa shape index (κ1) is 19.0. The van der Waals surface area contributed by atoms with E-state index in [2.05, 4.69) is 32.5 Å². The van der Waals surface area contributed by atoms with E-state index < -0.39 is 10.1 Å². The van der Waals surface area contributed by atoms with E-state index in [0.29, 0.717) is 30.0 Å². The Bertz CT molecular complexity index is 826. The van der Waals surface area contributed by atoms with Gasteiger partial charge in [0.05, 0.1) is 11.4 Å². The van der Waals surface area contributed by atoms with Crippen LogP contribution in [0.1, 0.15) is 19.2 Å². The van der Waals surface area contributed by atoms with Gasteiger partial charge in [0, 0.05) is 19.8 Å². The molecule has 0 radical (unpaired) electrons. The summed E-state index contributed by atoms with van der Waals surface area (Å²) in [6, 6.07) is 5.79. The van der Waals surface area contributed by atoms with Crippen LogP contribution >= 0.6 is 0 Å². The summed E-state index contributed by atoms with van der Waals surface area (Å²) in [6.45, 7) is 3.42. The molecule has 0 aliphatic heterocycles. The van der Waals surface area contributed by atoms with Gasteiger partial charge in [-0.05, 0) is 31.2 Å². The second kappa shape index (κ2) is 8.19. The van der Waals surface area contributed by atoms with E-state index in [1.807, 2.05) is 14.1 Å². The Morgan fingerprint density at radius 3 is 2.60 bits per heavy atom. The fourth-order valence-electron chi connectivity index (χ4n) is 1.98. The second-order valence-electron chi connectivity index (χ2n) is 5.57. The third-order valence-electron chi connectivity index (χ3n) is 3.17. The number of rotatable bonds is 8. The maximum Gasteiger partial charge on any atom is 0.294 e. The minimum atomic E-state index is -4.27. The van der Waals surface area contributed by atoms with Gasteiger partial charge in [-0.25, -0.2) is 0 Å². The fourth-order valence-corrected chi connectivity index (χ4v) is 2.51. The Labute approximate surface area is 147 Å². The van der Waals surface area contributed by atoms with E-state index in [4.69, 9.17) is 4.55 Å². The number of aromatic nitrogens is 3. The van der Waals surface area contributed by atoms with Crippen molar-refractivity contribution in [3.8, 4) is 0 Å². The van der Waals surface area contributed by atoms with E-state index in [0.717, 1.165) is 13.0 Å². The Hall–Kier alpha value is -2.30. The van der Waals surface area contributed by atoms with Gasteiger partial charge in [0.15, 0.2) is 0 Å². The molecule has 0 unspecified atom stereocenters. The van der Waals surface area contributed by atoms with Crippen molar-refractivity contribution < 1.29 is 13.0 Å². The van der Waals surface area contributed by atoms with Crippen LogP contribution in [0.4, 0.5) is 17.6 Å². The Morgan fingerprint density at radius 1 is 1.20 bits per heavy atom. The monoisotopic (exact) mass is 366 g/mol. The zero-order valence-corrected chi connectivity index (χ0v) is 15.2. The molecule has 0 atom stereocenters. The highest BCUT2D eigenvalue weighted by Crippen LogP contribution is 2.19. The molecule has 0 saturated carbocycles. The van der Waals surface area contributed by atoms with Gasteiger partial charge in [-0.1, -0.05) is 13.0 Å². The quantitative estimate of drug-likeness (QED) is 0.470. The van der Waals surface area contributed by atoms with Crippen molar-refractivity contribution >= 4 is 27.7 Å². The van der Waals surface area contributed by atoms with Gasteiger partial charge in [0.25, 0.3) is 10.1 Å². The maximum atomic E-state index is 11.3. The molecule has 10 heteroatoms. The third-order valence-corrected chi connectivity index (χ3v) is 4.02. The molecule has 3 N–H and O–H groups in total. The van der Waals surface area contributed by atoms with Crippen LogP contribution in [-0.2, 0) is 16.7 Å². The van der Waals surface area contributed by atoms with Gasteiger partial charge in [0.2, 0.25) is 11.9 Å². The molecular weight excluding hydrogens is 344 g/mol. The lowest BCUT2D eigenvalue weighted by atomic mass is 10.3. The molecule has 2 rings (SSSR count). The Balaban J connectivity index is 2.28. The van der Waals surface area contributed by atoms with Crippen LogP contribution < -0.4 is 15.5 Å². The van der Waals surface area contributed by atoms with Gasteiger partial charge >= 0.3 is 0 Å². The standard InChI is InChI=1S/C15H22N6O3S/c1-4-8-16-10-13-18-14(20-15(19-13)21(2)3)17-11-6-5-7-12(9-11)25(22,23)24/h5-7,9,16H,4,8,10H2,1-3H3,(H,22,23,24)(H,17,18,19,20). The molecule has 0 bridgehead atoms. The van der Waals surface area contributed by atoms with Crippen LogP contribution in [0, 0.1) is 0 Å². The first-order valence-electron chi connectivity index (χ1n) is 7.77. The zero-order valence-electron chi connectivity index (χ0n) is 14.4. The normalized spacial score (nSPS) is 11.4. The van der Waals surface area contributed by atoms with Gasteiger partial charge in [0.1, 0.15) is 5.82 Å². The van der Waals surface area contributed by atoms with Crippen molar-refractivity contribution in [2.75, 3.05) is 30.9 Å². The van der Waals surface area contributed by atoms with Crippen molar-refractivity contribution in [2.24, 2.45) is 0 Å². The van der Waals surface area contributed by atoms with Crippen LogP contribution in [0.5, 0.6) is 0 Å². The summed E-state index contributed by atoms with van der Waals surface area (Å²) in [7, 11) is -0.632. The number of hydrogen-bond donors (Lipinski definition) is 3. The highest BCUT2D eigenvalue weighted by atomic mass is 32.2. The molecule has 0 aliphatic rings. The topological polar surface area (TPSA) is 120 Å². The molecule has 25 heavy (non-hydrogen) atoms. The lowest BCUT2D eigenvalue weighted by Crippen LogP contribution is -2.20. The maximum absolute atomic E-state index is 11.3. The Kier molecular flexibility index (Phi) is 6.23. The van der Waals surface area contributed by atoms with Crippen molar-refractivity contribution in [1.82, 2.24) is 20.3 Å². The SMILES string of the molecule is CCCNCc1nc(Nc2cccc(S(=O)(=O)O)c2)nc(N(C)C)n1. The first-order chi connectivity index (χ1) is 11.8. The van der Waals surface area contributed by atoms with Crippen LogP contribution in [0.3, 0.4) is 0 Å². The van der Waals surface area contributed by atoms with E-state index >= 15 is 0 Å². The summed E-state index contributed by atoms with van der Waals surface area (Å²) in [5.74, 6) is 1.34. The van der Waals surface area contributed by atoms with Gasteiger partial charge < -0.3 is 15.5 Å². The summed E-state index contributed by atoms with van der Waals surface area (Å²) >= 11 is 0.